The second kappa shape index (κ2) is 8.87. The number of benzene rings is 4. The molecule has 0 atom stereocenters. The molecular weight excluding hydrogens is 666 g/mol. The van der Waals surface area contributed by atoms with Crippen molar-refractivity contribution in [1.29, 1.82) is 0 Å². The highest BCUT2D eigenvalue weighted by Gasteiger charge is 2.45. The molecule has 0 aliphatic carbocycles. The molecular formula is C32H14Cl4N8Si. The maximum absolute atomic E-state index is 7.79. The Morgan fingerprint density at radius 2 is 0.822 bits per heavy atom. The van der Waals surface area contributed by atoms with Gasteiger partial charge in [-0.15, -0.1) is 0 Å². The third-order valence-electron chi connectivity index (χ3n) is 8.42. The van der Waals surface area contributed by atoms with Gasteiger partial charge >= 0.3 is 7.02 Å². The summed E-state index contributed by atoms with van der Waals surface area (Å²) in [6.07, 6.45) is 0. The number of hydrogen-bond donors (Lipinski definition) is 0. The number of fused-ring (bicyclic) bond motifs is 14. The summed E-state index contributed by atoms with van der Waals surface area (Å²) in [5, 5.41) is 3.68. The van der Waals surface area contributed by atoms with Gasteiger partial charge in [0.25, 0.3) is 0 Å². The largest absolute Gasteiger partial charge is 0.483 e. The summed E-state index contributed by atoms with van der Waals surface area (Å²) in [4.78, 5) is 30.5. The Labute approximate surface area is 274 Å². The highest BCUT2D eigenvalue weighted by molar-refractivity contribution is 7.44. The van der Waals surface area contributed by atoms with Crippen LogP contribution in [-0.4, -0.2) is 38.8 Å². The second-order valence-corrected chi connectivity index (χ2v) is 17.4. The Bertz CT molecular complexity index is 2490. The topological polar surface area (TPSA) is 84.0 Å². The molecule has 0 spiro atoms. The second-order valence-electron chi connectivity index (χ2n) is 10.9. The first-order chi connectivity index (χ1) is 21.9. The summed E-state index contributed by atoms with van der Waals surface area (Å²) in [7, 11) is -3.97. The first-order valence-electron chi connectivity index (χ1n) is 13.9. The standard InChI is InChI=1S/C32H14Cl4N8Si/c33-23-13-21-22(14-24(23)34)32-42-28-18-10-4-2-8-16(18)26(38-28)40-30-20-12-6-5-11-19(20)29-39-25-15-7-1-3-9-17(15)27(37-25)41-31(21)44(32)45(35,36)43(29)30/h1-14H. The minimum atomic E-state index is -3.97. The summed E-state index contributed by atoms with van der Waals surface area (Å²) in [6, 6.07) is 27.1. The normalized spacial score (nSPS) is 16.6. The van der Waals surface area contributed by atoms with Crippen molar-refractivity contribution in [1.82, 2.24) is 8.47 Å². The van der Waals surface area contributed by atoms with Crippen LogP contribution in [0.5, 0.6) is 0 Å². The van der Waals surface area contributed by atoms with Crippen LogP contribution in [0.2, 0.25) is 10.0 Å². The van der Waals surface area contributed by atoms with Crippen LogP contribution in [0.4, 0.5) is 11.6 Å². The zero-order valence-corrected chi connectivity index (χ0v) is 26.7. The van der Waals surface area contributed by atoms with Crippen LogP contribution in [0, 0.1) is 0 Å². The number of nitrogens with zero attached hydrogens (tertiary/aromatic N) is 8. The molecule has 45 heavy (non-hydrogen) atoms. The highest BCUT2D eigenvalue weighted by Crippen LogP contribution is 2.46. The number of aliphatic imine (C=N–C) groups is 4. The van der Waals surface area contributed by atoms with Gasteiger partial charge in [-0.2, -0.15) is 0 Å². The van der Waals surface area contributed by atoms with Gasteiger partial charge in [0.1, 0.15) is 22.6 Å². The van der Waals surface area contributed by atoms with Gasteiger partial charge in [0.05, 0.1) is 10.0 Å². The van der Waals surface area contributed by atoms with Crippen molar-refractivity contribution in [3.8, 4) is 0 Å². The summed E-state index contributed by atoms with van der Waals surface area (Å²) in [5.41, 5.74) is 4.41. The molecule has 0 fully saturated rings. The lowest BCUT2D eigenvalue weighted by molar-refractivity contribution is 0.973. The first-order valence-corrected chi connectivity index (χ1v) is 18.6. The Kier molecular flexibility index (Phi) is 5.10. The van der Waals surface area contributed by atoms with Gasteiger partial charge in [0.15, 0.2) is 23.3 Å². The fourth-order valence-electron chi connectivity index (χ4n) is 6.45. The van der Waals surface area contributed by atoms with Crippen LogP contribution in [0.15, 0.2) is 115 Å². The van der Waals surface area contributed by atoms with E-state index in [1.807, 2.05) is 77.0 Å². The van der Waals surface area contributed by atoms with E-state index in [9.17, 15) is 0 Å². The van der Waals surface area contributed by atoms with E-state index in [1.54, 1.807) is 16.4 Å². The van der Waals surface area contributed by atoms with E-state index < -0.39 is 7.02 Å². The molecule has 0 saturated heterocycles. The minimum Gasteiger partial charge on any atom is -0.294 e. The Morgan fingerprint density at radius 3 is 1.24 bits per heavy atom. The van der Waals surface area contributed by atoms with Crippen molar-refractivity contribution in [2.24, 2.45) is 30.0 Å². The van der Waals surface area contributed by atoms with Crippen molar-refractivity contribution in [2.75, 3.05) is 0 Å². The summed E-state index contributed by atoms with van der Waals surface area (Å²) in [6.45, 7) is 0. The van der Waals surface area contributed by atoms with Gasteiger partial charge in [-0.05, 0) is 12.1 Å². The average Bonchev–Trinajstić information content (AvgIpc) is 3.74. The molecule has 0 radical (unpaired) electrons. The highest BCUT2D eigenvalue weighted by atomic mass is 35.7. The molecule has 6 aromatic rings. The monoisotopic (exact) mass is 678 g/mol. The van der Waals surface area contributed by atoms with E-state index in [0.29, 0.717) is 66.8 Å². The molecule has 4 aliphatic rings. The number of amidine groups is 4. The van der Waals surface area contributed by atoms with Crippen LogP contribution in [0.25, 0.3) is 21.5 Å². The van der Waals surface area contributed by atoms with Crippen LogP contribution >= 0.6 is 45.4 Å². The van der Waals surface area contributed by atoms with E-state index in [-0.39, 0.29) is 0 Å². The fraction of sp³-hybridized carbons (Fsp3) is 0. The quantitative estimate of drug-likeness (QED) is 0.121. The lowest BCUT2D eigenvalue weighted by atomic mass is 10.1. The van der Waals surface area contributed by atoms with E-state index in [4.69, 9.17) is 75.3 Å². The Balaban J connectivity index is 1.53. The van der Waals surface area contributed by atoms with E-state index in [1.165, 1.54) is 0 Å². The van der Waals surface area contributed by atoms with Crippen molar-refractivity contribution < 1.29 is 0 Å². The first kappa shape index (κ1) is 25.9. The molecule has 0 amide bonds. The van der Waals surface area contributed by atoms with Gasteiger partial charge < -0.3 is 0 Å². The summed E-state index contributed by atoms with van der Waals surface area (Å²) < 4.78 is 3.64. The number of rotatable bonds is 0. The zero-order chi connectivity index (χ0) is 30.2. The molecule has 0 saturated carbocycles. The summed E-state index contributed by atoms with van der Waals surface area (Å²) >= 11 is 28.9. The minimum absolute atomic E-state index is 0.357. The van der Waals surface area contributed by atoms with E-state index in [2.05, 4.69) is 0 Å². The molecule has 6 heterocycles. The van der Waals surface area contributed by atoms with Gasteiger partial charge in [-0.25, -0.2) is 30.0 Å². The van der Waals surface area contributed by atoms with Gasteiger partial charge in [0.2, 0.25) is 0 Å². The van der Waals surface area contributed by atoms with Crippen LogP contribution in [0.3, 0.4) is 0 Å². The predicted octanol–water partition coefficient (Wildman–Crippen LogP) is 7.16. The van der Waals surface area contributed by atoms with Crippen LogP contribution < -0.4 is 11.0 Å². The average molecular weight is 680 g/mol. The third-order valence-corrected chi connectivity index (χ3v) is 13.1. The maximum atomic E-state index is 7.79. The summed E-state index contributed by atoms with van der Waals surface area (Å²) in [5.74, 6) is 2.84. The zero-order valence-electron chi connectivity index (χ0n) is 22.7. The van der Waals surface area contributed by atoms with Gasteiger partial charge in [0, 0.05) is 43.8 Å². The fourth-order valence-corrected chi connectivity index (χ4v) is 10.6. The molecule has 214 valence electrons. The van der Waals surface area contributed by atoms with Crippen molar-refractivity contribution in [3.05, 3.63) is 128 Å². The maximum Gasteiger partial charge on any atom is 0.483 e. The predicted molar refractivity (Wildman–Crippen MR) is 183 cm³/mol. The molecule has 13 heteroatoms. The molecule has 0 unspecified atom stereocenters. The van der Waals surface area contributed by atoms with Crippen molar-refractivity contribution in [2.45, 2.75) is 0 Å². The third kappa shape index (κ3) is 3.39. The molecule has 4 aliphatic heterocycles. The molecule has 4 aromatic carbocycles. The van der Waals surface area contributed by atoms with E-state index in [0.717, 1.165) is 33.0 Å². The van der Waals surface area contributed by atoms with E-state index >= 15 is 0 Å². The molecule has 8 nitrogen and oxygen atoms in total. The Morgan fingerprint density at radius 1 is 0.444 bits per heavy atom. The lowest BCUT2D eigenvalue weighted by Crippen LogP contribution is -2.51. The van der Waals surface area contributed by atoms with Crippen molar-refractivity contribution in [3.63, 3.8) is 0 Å². The number of aromatic nitrogens is 2. The smallest absolute Gasteiger partial charge is 0.294 e. The SMILES string of the molecule is Clc1cc2c3n4c(c2cc1Cl)N=C1N=C(N=c2c5ccccc5c(n2[Si]4(Cl)Cl)=NC2=NC(=N3)c3ccccc32)c2ccccc21. The van der Waals surface area contributed by atoms with Crippen LogP contribution in [-0.2, 0) is 0 Å². The number of hydrogen-bond acceptors (Lipinski definition) is 6. The molecule has 6 bridgehead atoms. The Hall–Kier alpha value is -4.38. The molecule has 2 aromatic heterocycles. The van der Waals surface area contributed by atoms with Gasteiger partial charge in [-0.1, -0.05) is 118 Å². The van der Waals surface area contributed by atoms with Gasteiger partial charge in [-0.3, -0.25) is 8.47 Å². The molecule has 0 N–H and O–H groups in total. The molecule has 10 rings (SSSR count). The number of halogens is 4. The van der Waals surface area contributed by atoms with Crippen LogP contribution in [0.1, 0.15) is 22.3 Å². The lowest BCUT2D eigenvalue weighted by Gasteiger charge is -2.24. The van der Waals surface area contributed by atoms with Crippen molar-refractivity contribution >= 4 is 109 Å².